The van der Waals surface area contributed by atoms with Crippen LogP contribution >= 0.6 is 11.6 Å². The third-order valence-electron chi connectivity index (χ3n) is 3.25. The molecule has 0 bridgehead atoms. The summed E-state index contributed by atoms with van der Waals surface area (Å²) < 4.78 is 27.4. The third kappa shape index (κ3) is 6.68. The number of primary sulfonamides is 1. The Balaban J connectivity index is 2.47. The second-order valence-electron chi connectivity index (χ2n) is 5.57. The van der Waals surface area contributed by atoms with Gasteiger partial charge in [-0.2, -0.15) is 0 Å². The van der Waals surface area contributed by atoms with Crippen LogP contribution in [-0.4, -0.2) is 20.8 Å². The van der Waals surface area contributed by atoms with Gasteiger partial charge in [0.25, 0.3) is 0 Å². The van der Waals surface area contributed by atoms with Crippen molar-refractivity contribution in [3.8, 4) is 5.75 Å². The predicted octanol–water partition coefficient (Wildman–Crippen LogP) is 3.61. The van der Waals surface area contributed by atoms with E-state index in [1.807, 2.05) is 19.1 Å². The number of unbranched alkanes of at least 4 members (excludes halogenated alkanes) is 2. The Morgan fingerprint density at radius 1 is 1.24 bits per heavy atom. The summed E-state index contributed by atoms with van der Waals surface area (Å²) in [6, 6.07) is 3.92. The molecule has 0 aliphatic rings. The lowest BCUT2D eigenvalue weighted by Gasteiger charge is -2.14. The molecule has 4 nitrogen and oxygen atoms in total. The number of ether oxygens (including phenoxy) is 1. The molecular formula is C15H24ClNO3S. The standard InChI is InChI=1S/C15H24ClNO3S/c1-11(2)13-10-15(12(3)9-14(13)16)20-7-5-4-6-8-21(17,18)19/h9-11H,4-8H2,1-3H3,(H2,17,18,19). The van der Waals surface area contributed by atoms with Gasteiger partial charge in [-0.05, 0) is 55.4 Å². The second kappa shape index (κ2) is 8.01. The van der Waals surface area contributed by atoms with Crippen LogP contribution in [-0.2, 0) is 10.0 Å². The molecule has 21 heavy (non-hydrogen) atoms. The van der Waals surface area contributed by atoms with Gasteiger partial charge < -0.3 is 4.74 Å². The maximum absolute atomic E-state index is 10.8. The fourth-order valence-electron chi connectivity index (χ4n) is 2.03. The minimum absolute atomic E-state index is 0.0322. The van der Waals surface area contributed by atoms with E-state index in [4.69, 9.17) is 21.5 Å². The molecule has 0 atom stereocenters. The van der Waals surface area contributed by atoms with Crippen LogP contribution in [0, 0.1) is 6.92 Å². The fraction of sp³-hybridized carbons (Fsp3) is 0.600. The number of halogens is 1. The van der Waals surface area contributed by atoms with Gasteiger partial charge in [0.2, 0.25) is 10.0 Å². The van der Waals surface area contributed by atoms with Gasteiger partial charge in [0.1, 0.15) is 5.75 Å². The van der Waals surface area contributed by atoms with Crippen molar-refractivity contribution in [2.75, 3.05) is 12.4 Å². The highest BCUT2D eigenvalue weighted by Gasteiger charge is 2.10. The molecule has 0 spiro atoms. The molecule has 1 rings (SSSR count). The van der Waals surface area contributed by atoms with Crippen molar-refractivity contribution in [3.63, 3.8) is 0 Å². The Bertz CT molecular complexity index is 571. The molecule has 0 radical (unpaired) electrons. The molecule has 1 aromatic rings. The Morgan fingerprint density at radius 2 is 1.90 bits per heavy atom. The molecule has 2 N–H and O–H groups in total. The van der Waals surface area contributed by atoms with Crippen molar-refractivity contribution in [3.05, 3.63) is 28.3 Å². The molecule has 0 unspecified atom stereocenters. The van der Waals surface area contributed by atoms with E-state index in [0.29, 0.717) is 18.9 Å². The van der Waals surface area contributed by atoms with E-state index in [2.05, 4.69) is 13.8 Å². The van der Waals surface area contributed by atoms with Gasteiger partial charge in [0, 0.05) is 5.02 Å². The summed E-state index contributed by atoms with van der Waals surface area (Å²) >= 11 is 6.22. The van der Waals surface area contributed by atoms with Crippen LogP contribution in [0.4, 0.5) is 0 Å². The first-order chi connectivity index (χ1) is 9.70. The van der Waals surface area contributed by atoms with Crippen molar-refractivity contribution < 1.29 is 13.2 Å². The number of nitrogens with two attached hydrogens (primary N) is 1. The first kappa shape index (κ1) is 18.3. The van der Waals surface area contributed by atoms with Crippen molar-refractivity contribution in [2.45, 2.75) is 46.0 Å². The summed E-state index contributed by atoms with van der Waals surface area (Å²) in [5.41, 5.74) is 2.08. The molecule has 0 fully saturated rings. The zero-order valence-corrected chi connectivity index (χ0v) is 14.4. The van der Waals surface area contributed by atoms with Crippen LogP contribution in [0.1, 0.15) is 50.2 Å². The van der Waals surface area contributed by atoms with Crippen LogP contribution in [0.2, 0.25) is 5.02 Å². The monoisotopic (exact) mass is 333 g/mol. The lowest BCUT2D eigenvalue weighted by atomic mass is 10.0. The molecule has 120 valence electrons. The highest BCUT2D eigenvalue weighted by molar-refractivity contribution is 7.89. The van der Waals surface area contributed by atoms with E-state index in [1.54, 1.807) is 0 Å². The molecule has 1 aromatic carbocycles. The molecule has 0 heterocycles. The van der Waals surface area contributed by atoms with Crippen LogP contribution in [0.3, 0.4) is 0 Å². The molecular weight excluding hydrogens is 310 g/mol. The highest BCUT2D eigenvalue weighted by Crippen LogP contribution is 2.31. The molecule has 6 heteroatoms. The number of hydrogen-bond donors (Lipinski definition) is 1. The minimum Gasteiger partial charge on any atom is -0.493 e. The Morgan fingerprint density at radius 3 is 2.48 bits per heavy atom. The van der Waals surface area contributed by atoms with Crippen LogP contribution < -0.4 is 9.88 Å². The van der Waals surface area contributed by atoms with E-state index in [0.717, 1.165) is 34.7 Å². The summed E-state index contributed by atoms with van der Waals surface area (Å²) in [5.74, 6) is 1.22. The van der Waals surface area contributed by atoms with E-state index >= 15 is 0 Å². The zero-order valence-electron chi connectivity index (χ0n) is 12.9. The maximum Gasteiger partial charge on any atom is 0.209 e. The van der Waals surface area contributed by atoms with Gasteiger partial charge in [-0.15, -0.1) is 0 Å². The van der Waals surface area contributed by atoms with Gasteiger partial charge in [-0.1, -0.05) is 25.4 Å². The third-order valence-corrected chi connectivity index (χ3v) is 4.43. The van der Waals surface area contributed by atoms with Crippen molar-refractivity contribution in [2.24, 2.45) is 5.14 Å². The van der Waals surface area contributed by atoms with Gasteiger partial charge in [0.15, 0.2) is 0 Å². The average molecular weight is 334 g/mol. The van der Waals surface area contributed by atoms with Crippen molar-refractivity contribution in [1.82, 2.24) is 0 Å². The topological polar surface area (TPSA) is 69.4 Å². The molecule has 0 saturated carbocycles. The average Bonchev–Trinajstić information content (AvgIpc) is 2.33. The molecule has 0 amide bonds. The van der Waals surface area contributed by atoms with Crippen LogP contribution in [0.5, 0.6) is 5.75 Å². The van der Waals surface area contributed by atoms with E-state index < -0.39 is 10.0 Å². The van der Waals surface area contributed by atoms with Crippen LogP contribution in [0.15, 0.2) is 12.1 Å². The highest BCUT2D eigenvalue weighted by atomic mass is 35.5. The predicted molar refractivity (Wildman–Crippen MR) is 87.6 cm³/mol. The fourth-order valence-corrected chi connectivity index (χ4v) is 3.07. The smallest absolute Gasteiger partial charge is 0.209 e. The molecule has 0 aliphatic carbocycles. The van der Waals surface area contributed by atoms with Gasteiger partial charge in [-0.25, -0.2) is 13.6 Å². The number of benzene rings is 1. The largest absolute Gasteiger partial charge is 0.493 e. The maximum atomic E-state index is 10.8. The summed E-state index contributed by atoms with van der Waals surface area (Å²) in [4.78, 5) is 0. The number of rotatable bonds is 8. The summed E-state index contributed by atoms with van der Waals surface area (Å²) in [5, 5.41) is 5.72. The number of sulfonamides is 1. The van der Waals surface area contributed by atoms with E-state index in [1.165, 1.54) is 0 Å². The van der Waals surface area contributed by atoms with Crippen LogP contribution in [0.25, 0.3) is 0 Å². The summed E-state index contributed by atoms with van der Waals surface area (Å²) in [6.07, 6.45) is 2.15. The van der Waals surface area contributed by atoms with Gasteiger partial charge >= 0.3 is 0 Å². The SMILES string of the molecule is Cc1cc(Cl)c(C(C)C)cc1OCCCCCS(N)(=O)=O. The lowest BCUT2D eigenvalue weighted by molar-refractivity contribution is 0.304. The molecule has 0 saturated heterocycles. The van der Waals surface area contributed by atoms with Crippen molar-refractivity contribution >= 4 is 21.6 Å². The normalized spacial score (nSPS) is 11.9. The van der Waals surface area contributed by atoms with Crippen molar-refractivity contribution in [1.29, 1.82) is 0 Å². The first-order valence-corrected chi connectivity index (χ1v) is 9.23. The van der Waals surface area contributed by atoms with E-state index in [-0.39, 0.29) is 5.75 Å². The lowest BCUT2D eigenvalue weighted by Crippen LogP contribution is -2.16. The Labute approximate surface area is 132 Å². The number of aryl methyl sites for hydroxylation is 1. The first-order valence-electron chi connectivity index (χ1n) is 7.14. The second-order valence-corrected chi connectivity index (χ2v) is 7.71. The number of hydrogen-bond acceptors (Lipinski definition) is 3. The quantitative estimate of drug-likeness (QED) is 0.739. The van der Waals surface area contributed by atoms with Gasteiger partial charge in [0.05, 0.1) is 12.4 Å². The van der Waals surface area contributed by atoms with Gasteiger partial charge in [-0.3, -0.25) is 0 Å². The van der Waals surface area contributed by atoms with E-state index in [9.17, 15) is 8.42 Å². The summed E-state index contributed by atoms with van der Waals surface area (Å²) in [6.45, 7) is 6.71. The summed E-state index contributed by atoms with van der Waals surface area (Å²) in [7, 11) is -3.35. The molecule has 0 aliphatic heterocycles. The minimum atomic E-state index is -3.35. The Kier molecular flexibility index (Phi) is 6.97. The zero-order chi connectivity index (χ0) is 16.0. The molecule has 0 aromatic heterocycles. The Hall–Kier alpha value is -0.780.